The fraction of sp³-hybridized carbons (Fsp3) is 0.387. The summed E-state index contributed by atoms with van der Waals surface area (Å²) in [6, 6.07) is 17.7. The molecule has 1 saturated carbocycles. The molecule has 37 heavy (non-hydrogen) atoms. The summed E-state index contributed by atoms with van der Waals surface area (Å²) in [5, 5.41) is 3.88. The summed E-state index contributed by atoms with van der Waals surface area (Å²) in [6.07, 6.45) is 4.01. The van der Waals surface area contributed by atoms with E-state index in [4.69, 9.17) is 16.6 Å². The highest BCUT2D eigenvalue weighted by molar-refractivity contribution is 6.30. The number of pyridine rings is 1. The van der Waals surface area contributed by atoms with Gasteiger partial charge in [0.1, 0.15) is 0 Å². The number of nitrogens with zero attached hydrogens (tertiary/aromatic N) is 2. The van der Waals surface area contributed by atoms with Gasteiger partial charge in [-0.15, -0.1) is 0 Å². The van der Waals surface area contributed by atoms with E-state index in [2.05, 4.69) is 37.1 Å². The molecule has 5 nitrogen and oxygen atoms in total. The lowest BCUT2D eigenvalue weighted by molar-refractivity contribution is -0.119. The van der Waals surface area contributed by atoms with Gasteiger partial charge in [0.05, 0.1) is 17.4 Å². The fourth-order valence-corrected chi connectivity index (χ4v) is 6.17. The topological polar surface area (TPSA) is 62.3 Å². The van der Waals surface area contributed by atoms with Crippen LogP contribution >= 0.6 is 11.6 Å². The van der Waals surface area contributed by atoms with Crippen molar-refractivity contribution < 1.29 is 9.59 Å². The second-order valence-electron chi connectivity index (χ2n) is 11.6. The van der Waals surface area contributed by atoms with Crippen molar-refractivity contribution >= 4 is 29.0 Å². The van der Waals surface area contributed by atoms with Crippen LogP contribution in [-0.4, -0.2) is 35.3 Å². The largest absolute Gasteiger partial charge is 0.365 e. The van der Waals surface area contributed by atoms with Gasteiger partial charge in [0, 0.05) is 54.2 Å². The van der Waals surface area contributed by atoms with Gasteiger partial charge in [0.25, 0.3) is 0 Å². The number of halogens is 1. The highest BCUT2D eigenvalue weighted by Crippen LogP contribution is 2.53. The first-order valence-corrected chi connectivity index (χ1v) is 13.4. The van der Waals surface area contributed by atoms with Gasteiger partial charge in [-0.1, -0.05) is 50.6 Å². The molecule has 1 fully saturated rings. The van der Waals surface area contributed by atoms with Crippen LogP contribution < -0.4 is 10.2 Å². The van der Waals surface area contributed by atoms with Crippen molar-refractivity contribution in [2.24, 2.45) is 5.41 Å². The summed E-state index contributed by atoms with van der Waals surface area (Å²) < 4.78 is 0. The van der Waals surface area contributed by atoms with Gasteiger partial charge in [0.15, 0.2) is 5.78 Å². The van der Waals surface area contributed by atoms with Gasteiger partial charge in [0.2, 0.25) is 5.91 Å². The third-order valence-corrected chi connectivity index (χ3v) is 7.63. The zero-order valence-corrected chi connectivity index (χ0v) is 22.7. The van der Waals surface area contributed by atoms with Crippen LogP contribution in [0.5, 0.6) is 0 Å². The van der Waals surface area contributed by atoms with E-state index >= 15 is 0 Å². The molecule has 1 aromatic heterocycles. The van der Waals surface area contributed by atoms with Crippen molar-refractivity contribution in [1.82, 2.24) is 10.3 Å². The van der Waals surface area contributed by atoms with Crippen LogP contribution in [0.4, 0.5) is 5.69 Å². The number of carbonyl (C=O) groups excluding carboxylic acids is 2. The molecule has 0 radical (unpaired) electrons. The molecular formula is C31H34ClN3O2. The lowest BCUT2D eigenvalue weighted by atomic mass is 9.90. The number of amides is 1. The molecule has 0 spiro atoms. The third kappa shape index (κ3) is 5.28. The predicted octanol–water partition coefficient (Wildman–Crippen LogP) is 6.44. The van der Waals surface area contributed by atoms with E-state index in [1.807, 2.05) is 48.5 Å². The number of nitrogens with one attached hydrogen (secondary N) is 1. The Morgan fingerprint density at radius 3 is 2.49 bits per heavy atom. The molecule has 6 heteroatoms. The molecular weight excluding hydrogens is 482 g/mol. The lowest BCUT2D eigenvalue weighted by Gasteiger charge is -2.37. The highest BCUT2D eigenvalue weighted by atomic mass is 35.5. The van der Waals surface area contributed by atoms with Crippen molar-refractivity contribution in [2.75, 3.05) is 11.4 Å². The number of ketones is 1. The van der Waals surface area contributed by atoms with Crippen LogP contribution in [0.3, 0.4) is 0 Å². The SMILES string of the molecule is CC(=O)NC1CCC2c3cc(C(=O)Cc4ccc(Cl)cc4)cc(-c4ccccn4)c3N(CC(C)(C)C)C12. The molecule has 1 amide bonds. The zero-order valence-electron chi connectivity index (χ0n) is 21.9. The summed E-state index contributed by atoms with van der Waals surface area (Å²) in [5.74, 6) is 0.325. The molecule has 2 aliphatic rings. The molecule has 1 aliphatic carbocycles. The highest BCUT2D eigenvalue weighted by Gasteiger charge is 2.49. The number of fused-ring (bicyclic) bond motifs is 3. The summed E-state index contributed by atoms with van der Waals surface area (Å²) in [5.41, 5.74) is 5.88. The smallest absolute Gasteiger partial charge is 0.217 e. The van der Waals surface area contributed by atoms with Crippen molar-refractivity contribution in [3.8, 4) is 11.3 Å². The summed E-state index contributed by atoms with van der Waals surface area (Å²) in [6.45, 7) is 9.16. The maximum Gasteiger partial charge on any atom is 0.217 e. The van der Waals surface area contributed by atoms with Crippen LogP contribution in [0.1, 0.15) is 67.9 Å². The molecule has 0 saturated heterocycles. The van der Waals surface area contributed by atoms with E-state index in [9.17, 15) is 9.59 Å². The number of aromatic nitrogens is 1. The first kappa shape index (κ1) is 25.5. The summed E-state index contributed by atoms with van der Waals surface area (Å²) in [7, 11) is 0. The van der Waals surface area contributed by atoms with Crippen LogP contribution in [-0.2, 0) is 11.2 Å². The Morgan fingerprint density at radius 1 is 1.08 bits per heavy atom. The molecule has 3 aromatic rings. The number of Topliss-reactive ketones (excluding diaryl/α,β-unsaturated/α-hetero) is 1. The van der Waals surface area contributed by atoms with Gasteiger partial charge >= 0.3 is 0 Å². The quantitative estimate of drug-likeness (QED) is 0.383. The van der Waals surface area contributed by atoms with Crippen molar-refractivity contribution in [2.45, 2.75) is 65.0 Å². The fourth-order valence-electron chi connectivity index (χ4n) is 6.05. The molecule has 1 N–H and O–H groups in total. The first-order valence-electron chi connectivity index (χ1n) is 13.0. The van der Waals surface area contributed by atoms with E-state index in [0.717, 1.165) is 41.9 Å². The van der Waals surface area contributed by atoms with Gasteiger partial charge in [-0.05, 0) is 65.8 Å². The Bertz CT molecular complexity index is 1310. The van der Waals surface area contributed by atoms with Gasteiger partial charge in [-0.25, -0.2) is 0 Å². The Kier molecular flexibility index (Phi) is 6.84. The van der Waals surface area contributed by atoms with Crippen molar-refractivity contribution in [3.05, 3.63) is 82.5 Å². The Morgan fingerprint density at radius 2 is 1.84 bits per heavy atom. The molecule has 2 aromatic carbocycles. The molecule has 2 heterocycles. The molecule has 3 unspecified atom stereocenters. The van der Waals surface area contributed by atoms with Crippen LogP contribution in [0.25, 0.3) is 11.3 Å². The molecule has 192 valence electrons. The van der Waals surface area contributed by atoms with E-state index in [0.29, 0.717) is 17.0 Å². The number of carbonyl (C=O) groups is 2. The van der Waals surface area contributed by atoms with Crippen LogP contribution in [0.2, 0.25) is 5.02 Å². The zero-order chi connectivity index (χ0) is 26.3. The summed E-state index contributed by atoms with van der Waals surface area (Å²) in [4.78, 5) is 32.8. The van der Waals surface area contributed by atoms with Crippen LogP contribution in [0.15, 0.2) is 60.8 Å². The number of hydrogen-bond donors (Lipinski definition) is 1. The normalized spacial score (nSPS) is 20.5. The standard InChI is InChI=1S/C31H34ClN3O2/c1-19(36)34-27-13-12-23-24-16-21(28(37)15-20-8-10-22(32)11-9-20)17-25(26-7-5-6-14-33-26)29(24)35(30(23)27)18-31(2,3)4/h5-11,14,16-17,23,27,30H,12-13,15,18H2,1-4H3,(H,34,36). The second kappa shape index (κ2) is 9.94. The van der Waals surface area contributed by atoms with Gasteiger partial charge in [-0.3, -0.25) is 14.6 Å². The monoisotopic (exact) mass is 515 g/mol. The maximum absolute atomic E-state index is 13.6. The Balaban J connectivity index is 1.63. The molecule has 0 bridgehead atoms. The minimum atomic E-state index is 0.00101. The number of benzene rings is 2. The summed E-state index contributed by atoms with van der Waals surface area (Å²) >= 11 is 6.05. The van der Waals surface area contributed by atoms with E-state index < -0.39 is 0 Å². The van der Waals surface area contributed by atoms with Crippen molar-refractivity contribution in [3.63, 3.8) is 0 Å². The molecule has 5 rings (SSSR count). The number of hydrogen-bond acceptors (Lipinski definition) is 4. The number of rotatable bonds is 6. The maximum atomic E-state index is 13.6. The van der Waals surface area contributed by atoms with E-state index in [1.54, 1.807) is 13.1 Å². The Hall–Kier alpha value is -3.18. The molecule has 3 atom stereocenters. The average molecular weight is 516 g/mol. The van der Waals surface area contributed by atoms with Gasteiger partial charge in [-0.2, -0.15) is 0 Å². The minimum absolute atomic E-state index is 0.00101. The third-order valence-electron chi connectivity index (χ3n) is 7.37. The second-order valence-corrected chi connectivity index (χ2v) is 12.0. The average Bonchev–Trinajstić information content (AvgIpc) is 3.38. The van der Waals surface area contributed by atoms with Gasteiger partial charge < -0.3 is 10.2 Å². The number of anilines is 1. The first-order chi connectivity index (χ1) is 17.6. The van der Waals surface area contributed by atoms with Crippen LogP contribution in [0, 0.1) is 5.41 Å². The molecule has 1 aliphatic heterocycles. The van der Waals surface area contributed by atoms with E-state index in [1.165, 1.54) is 5.56 Å². The van der Waals surface area contributed by atoms with E-state index in [-0.39, 0.29) is 35.1 Å². The Labute approximate surface area is 224 Å². The minimum Gasteiger partial charge on any atom is -0.365 e. The lowest BCUT2D eigenvalue weighted by Crippen LogP contribution is -2.50. The van der Waals surface area contributed by atoms with Crippen molar-refractivity contribution in [1.29, 1.82) is 0 Å². The predicted molar refractivity (Wildman–Crippen MR) is 149 cm³/mol.